The smallest absolute Gasteiger partial charge is 0.317 e. The van der Waals surface area contributed by atoms with Crippen LogP contribution in [0.15, 0.2) is 158 Å². The highest BCUT2D eigenvalue weighted by atomic mass is 16.6. The maximum atomic E-state index is 12.8. The van der Waals surface area contributed by atoms with Gasteiger partial charge in [-0.15, -0.1) is 0 Å². The van der Waals surface area contributed by atoms with E-state index in [1.165, 1.54) is 22.3 Å². The lowest BCUT2D eigenvalue weighted by Crippen LogP contribution is -2.26. The van der Waals surface area contributed by atoms with Gasteiger partial charge in [0, 0.05) is 43.8 Å². The molecule has 16 nitrogen and oxygen atoms in total. The summed E-state index contributed by atoms with van der Waals surface area (Å²) in [4.78, 5) is 92.1. The molecule has 3 aromatic heterocycles. The molecule has 0 atom stereocenters. The number of carbonyl (C=O) groups is 4. The lowest BCUT2D eigenvalue weighted by atomic mass is 9.78. The van der Waals surface area contributed by atoms with Crippen molar-refractivity contribution in [2.45, 2.75) is 196 Å². The van der Waals surface area contributed by atoms with Crippen LogP contribution in [0.2, 0.25) is 0 Å². The van der Waals surface area contributed by atoms with Crippen LogP contribution in [-0.4, -0.2) is 88.2 Å². The molecule has 0 amide bonds. The molecule has 11 aromatic rings. The Labute approximate surface area is 633 Å². The molecular weight excluding hydrogens is 1350 g/mol. The number of fused-ring (bicyclic) bond motifs is 20. The molecule has 5 heterocycles. The summed E-state index contributed by atoms with van der Waals surface area (Å²) < 4.78 is 21.8. The second-order valence-corrected chi connectivity index (χ2v) is 34.7. The number of aryl methyl sites for hydroxylation is 2. The monoisotopic (exact) mass is 1440 g/mol. The van der Waals surface area contributed by atoms with Crippen LogP contribution in [0.4, 0.5) is 0 Å². The largest absolute Gasteiger partial charge is 0.465 e. The zero-order valence-corrected chi connectivity index (χ0v) is 65.6. The Hall–Kier alpha value is -11.0. The molecule has 13 rings (SSSR count). The zero-order valence-electron chi connectivity index (χ0n) is 65.6. The number of benzene rings is 8. The van der Waals surface area contributed by atoms with Gasteiger partial charge in [0.1, 0.15) is 46.6 Å². The molecule has 0 spiro atoms. The third-order valence-electron chi connectivity index (χ3n) is 19.5. The molecule has 0 aliphatic carbocycles. The van der Waals surface area contributed by atoms with Crippen molar-refractivity contribution in [3.8, 4) is 90.1 Å². The van der Waals surface area contributed by atoms with Gasteiger partial charge in [-0.25, -0.2) is 29.9 Å². The number of esters is 4. The Kier molecular flexibility index (Phi) is 20.2. The summed E-state index contributed by atoms with van der Waals surface area (Å²) in [5.41, 5.74) is 17.7. The molecule has 554 valence electrons. The van der Waals surface area contributed by atoms with Gasteiger partial charge < -0.3 is 28.9 Å². The average Bonchev–Trinajstić information content (AvgIpc) is 1.53. The third-order valence-corrected chi connectivity index (χ3v) is 19.5. The molecule has 2 aliphatic heterocycles. The van der Waals surface area contributed by atoms with Crippen molar-refractivity contribution in [3.63, 3.8) is 0 Å². The van der Waals surface area contributed by atoms with Gasteiger partial charge in [0.25, 0.3) is 0 Å². The lowest BCUT2D eigenvalue weighted by molar-refractivity contribution is -0.163. The van der Waals surface area contributed by atoms with Crippen LogP contribution < -0.4 is 0 Å². The van der Waals surface area contributed by atoms with Gasteiger partial charge in [-0.1, -0.05) is 241 Å². The SMILES string of the molecule is CC(C)(C)OC(=O)CC(=O)OCCCc1cccc(-c2cccc3c4nc5nc(nc6[nH]c(nc7nc(nc([nH]4)c23)-c2cccc(-c3cc(C(C)(C)C)cc(C(C)(C)C)c3)c2-7)c2cccc(-c3cccc(CCCOC(=O)CC(=O)OC(C)(C)C)c3)c62)-c2cccc(-c3cc(C(C)(C)C)cc(C(C)(C)C)c3)c2-5)c1. The number of aromatic nitrogens is 8. The van der Waals surface area contributed by atoms with E-state index in [1.807, 2.05) is 24.3 Å². The molecule has 0 saturated carbocycles. The Morgan fingerprint density at radius 1 is 0.324 bits per heavy atom. The summed E-state index contributed by atoms with van der Waals surface area (Å²) in [6, 6.07) is 55.8. The van der Waals surface area contributed by atoms with E-state index >= 15 is 0 Å². The quantitative estimate of drug-likeness (QED) is 0.0399. The third kappa shape index (κ3) is 16.6. The molecule has 2 aliphatic rings. The first-order chi connectivity index (χ1) is 50.9. The Morgan fingerprint density at radius 3 is 1.00 bits per heavy atom. The summed E-state index contributed by atoms with van der Waals surface area (Å²) in [7, 11) is 0. The van der Waals surface area contributed by atoms with Crippen LogP contribution in [-0.2, 0) is 72.6 Å². The molecular formula is C92H98N8O8. The van der Waals surface area contributed by atoms with E-state index in [0.29, 0.717) is 71.6 Å². The first-order valence-corrected chi connectivity index (χ1v) is 37.5. The van der Waals surface area contributed by atoms with Gasteiger partial charge >= 0.3 is 23.9 Å². The first-order valence-electron chi connectivity index (χ1n) is 37.5. The van der Waals surface area contributed by atoms with E-state index in [9.17, 15) is 19.2 Å². The lowest BCUT2D eigenvalue weighted by Gasteiger charge is -2.26. The second kappa shape index (κ2) is 28.9. The van der Waals surface area contributed by atoms with Crippen LogP contribution in [0, 0.1) is 0 Å². The molecule has 8 bridgehead atoms. The standard InChI is InChI=1S/C92H98N8O8/c1-87(2,3)59-45-57(46-60(49-59)88(4,5)6)65-35-23-39-69-77(65)85-97-79-67-37-21-33-63(55-31-19-27-53(43-55)29-25-41-105-71(101)51-73(103)107-91(13,14)15)75(67)84(93-79)96-82-70-40-24-36-66(58-47-61(89(7,8)9)50-62(48-58)90(10,11)12)78(70)86(100-82)98-80-68-38-22-34-64(76(68)83(94-80)95-81(69)99-85)56-32-20-28-54(44-56)30-26-42-106-72(102)52-74(104)108-92(16,17)18/h19-24,27-28,31-40,43-50H,25-26,29-30,41-42,51-52H2,1-18H3,(H2,93,94,95,96,97,98,99,100). The molecule has 0 radical (unpaired) electrons. The van der Waals surface area contributed by atoms with E-state index < -0.39 is 47.9 Å². The van der Waals surface area contributed by atoms with Crippen molar-refractivity contribution < 1.29 is 38.1 Å². The minimum atomic E-state index is -0.717. The van der Waals surface area contributed by atoms with E-state index in [2.05, 4.69) is 227 Å². The Bertz CT molecular complexity index is 5170. The molecule has 0 saturated heterocycles. The van der Waals surface area contributed by atoms with Gasteiger partial charge in [-0.3, -0.25) is 19.2 Å². The molecule has 0 fully saturated rings. The number of hydrogen-bond donors (Lipinski definition) is 2. The predicted octanol–water partition coefficient (Wildman–Crippen LogP) is 21.1. The van der Waals surface area contributed by atoms with Crippen molar-refractivity contribution in [1.29, 1.82) is 0 Å². The van der Waals surface area contributed by atoms with Crippen molar-refractivity contribution >= 4 is 68.0 Å². The van der Waals surface area contributed by atoms with E-state index in [-0.39, 0.29) is 34.9 Å². The summed E-state index contributed by atoms with van der Waals surface area (Å²) in [6.45, 7) is 37.9. The summed E-state index contributed by atoms with van der Waals surface area (Å²) in [5.74, 6) is -0.680. The summed E-state index contributed by atoms with van der Waals surface area (Å²) in [5, 5.41) is 3.23. The maximum Gasteiger partial charge on any atom is 0.317 e. The number of aromatic amines is 2. The van der Waals surface area contributed by atoms with E-state index in [1.54, 1.807) is 41.5 Å². The van der Waals surface area contributed by atoms with Crippen LogP contribution in [0.5, 0.6) is 0 Å². The molecule has 2 N–H and O–H groups in total. The highest BCUT2D eigenvalue weighted by Gasteiger charge is 2.32. The maximum absolute atomic E-state index is 12.8. The van der Waals surface area contributed by atoms with Gasteiger partial charge in [0.2, 0.25) is 0 Å². The van der Waals surface area contributed by atoms with Crippen LogP contribution in [0.3, 0.4) is 0 Å². The molecule has 0 unspecified atom stereocenters. The number of rotatable bonds is 16. The van der Waals surface area contributed by atoms with E-state index in [0.717, 1.165) is 99.4 Å². The fourth-order valence-electron chi connectivity index (χ4n) is 14.1. The number of hydrogen-bond acceptors (Lipinski definition) is 14. The van der Waals surface area contributed by atoms with Crippen molar-refractivity contribution in [1.82, 2.24) is 39.9 Å². The van der Waals surface area contributed by atoms with Gasteiger partial charge in [0.05, 0.1) is 13.2 Å². The summed E-state index contributed by atoms with van der Waals surface area (Å²) in [6.07, 6.45) is 1.33. The van der Waals surface area contributed by atoms with Crippen molar-refractivity contribution in [2.24, 2.45) is 0 Å². The Morgan fingerprint density at radius 2 is 0.648 bits per heavy atom. The predicted molar refractivity (Wildman–Crippen MR) is 432 cm³/mol. The Balaban J connectivity index is 1.05. The van der Waals surface area contributed by atoms with Gasteiger partial charge in [0.15, 0.2) is 23.3 Å². The number of H-pyrrole nitrogens is 2. The first kappa shape index (κ1) is 75.2. The molecule has 16 heteroatoms. The fraction of sp³-hybridized carbons (Fsp3) is 0.348. The van der Waals surface area contributed by atoms with E-state index in [4.69, 9.17) is 48.9 Å². The number of nitrogens with one attached hydrogen (secondary N) is 2. The van der Waals surface area contributed by atoms with Gasteiger partial charge in [-0.2, -0.15) is 0 Å². The fourth-order valence-corrected chi connectivity index (χ4v) is 14.1. The number of carbonyl (C=O) groups excluding carboxylic acids is 4. The highest BCUT2D eigenvalue weighted by Crippen LogP contribution is 2.48. The van der Waals surface area contributed by atoms with Gasteiger partial charge in [-0.05, 0) is 167 Å². The minimum absolute atomic E-state index is 0.132. The number of ether oxygens (including phenoxy) is 4. The van der Waals surface area contributed by atoms with Crippen LogP contribution in [0.1, 0.15) is 184 Å². The number of nitrogens with zero attached hydrogens (tertiary/aromatic N) is 6. The molecule has 108 heavy (non-hydrogen) atoms. The van der Waals surface area contributed by atoms with Crippen molar-refractivity contribution in [2.75, 3.05) is 13.2 Å². The minimum Gasteiger partial charge on any atom is -0.465 e. The topological polar surface area (TPSA) is 214 Å². The highest BCUT2D eigenvalue weighted by molar-refractivity contribution is 6.14. The van der Waals surface area contributed by atoms with Crippen LogP contribution >= 0.6 is 0 Å². The second-order valence-electron chi connectivity index (χ2n) is 34.7. The van der Waals surface area contributed by atoms with Crippen molar-refractivity contribution in [3.05, 3.63) is 191 Å². The summed E-state index contributed by atoms with van der Waals surface area (Å²) >= 11 is 0. The zero-order chi connectivity index (χ0) is 77.2. The average molecular weight is 1440 g/mol. The molecule has 8 aromatic carbocycles. The van der Waals surface area contributed by atoms with Crippen LogP contribution in [0.25, 0.3) is 134 Å². The normalized spacial score (nSPS) is 12.6.